The van der Waals surface area contributed by atoms with Crippen LogP contribution in [0, 0.1) is 19.8 Å². The summed E-state index contributed by atoms with van der Waals surface area (Å²) in [7, 11) is -3.26. The Morgan fingerprint density at radius 2 is 1.91 bits per heavy atom. The van der Waals surface area contributed by atoms with Crippen molar-refractivity contribution >= 4 is 33.4 Å². The zero-order valence-electron chi connectivity index (χ0n) is 26.7. The summed E-state index contributed by atoms with van der Waals surface area (Å²) in [5, 5.41) is 11.8. The van der Waals surface area contributed by atoms with Gasteiger partial charge in [-0.1, -0.05) is 42.8 Å². The van der Waals surface area contributed by atoms with Crippen LogP contribution in [-0.4, -0.2) is 50.8 Å². The highest BCUT2D eigenvalue weighted by Crippen LogP contribution is 2.55. The SMILES string of the molecule is CCC1Cc2ncccc2S(O)(O)N(Cc2cc(C(CC(=O)Nc3cccnc3)c3ccc4c(nnn4CC)c3C)ccc2C)C1. The standard InChI is InChI=1S/C35H41N7O3S/c1-5-25-17-31-33(10-8-16-37-31)46(44,45)41(21-25)22-27-18-26(12-11-23(27)3)30(19-34(43)38-28-9-7-15-36-20-28)29-13-14-32-35(24(29)4)39-40-42(32)6-2/h7-16,18,20,25,30,44-45H,5-6,17,19,21-22H2,1-4H3,(H,38,43). The third-order valence-electron chi connectivity index (χ3n) is 9.14. The van der Waals surface area contributed by atoms with Gasteiger partial charge in [0.2, 0.25) is 5.91 Å². The predicted octanol–water partition coefficient (Wildman–Crippen LogP) is 7.13. The molecule has 2 atom stereocenters. The average Bonchev–Trinajstić information content (AvgIpc) is 3.45. The molecule has 46 heavy (non-hydrogen) atoms. The highest BCUT2D eigenvalue weighted by atomic mass is 32.3. The lowest BCUT2D eigenvalue weighted by atomic mass is 9.84. The lowest BCUT2D eigenvalue weighted by molar-refractivity contribution is -0.116. The van der Waals surface area contributed by atoms with E-state index in [2.05, 4.69) is 56.8 Å². The second-order valence-corrected chi connectivity index (χ2v) is 14.0. The lowest BCUT2D eigenvalue weighted by Gasteiger charge is -2.43. The van der Waals surface area contributed by atoms with Gasteiger partial charge in [0.25, 0.3) is 0 Å². The van der Waals surface area contributed by atoms with E-state index in [4.69, 9.17) is 0 Å². The van der Waals surface area contributed by atoms with Crippen LogP contribution >= 0.6 is 10.8 Å². The summed E-state index contributed by atoms with van der Waals surface area (Å²) in [6.07, 6.45) is 6.83. The van der Waals surface area contributed by atoms with Gasteiger partial charge in [-0.15, -0.1) is 15.9 Å². The number of carbonyl (C=O) groups excluding carboxylic acids is 1. The zero-order chi connectivity index (χ0) is 32.4. The van der Waals surface area contributed by atoms with Crippen LogP contribution in [0.3, 0.4) is 0 Å². The number of nitrogens with one attached hydrogen (secondary N) is 1. The van der Waals surface area contributed by atoms with Crippen LogP contribution in [0.15, 0.2) is 78.1 Å². The van der Waals surface area contributed by atoms with Crippen LogP contribution in [-0.2, 0) is 24.3 Å². The minimum absolute atomic E-state index is 0.131. The predicted molar refractivity (Wildman–Crippen MR) is 182 cm³/mol. The molecular formula is C35H41N7O3S. The molecule has 0 spiro atoms. The van der Waals surface area contributed by atoms with E-state index in [0.717, 1.165) is 51.0 Å². The van der Waals surface area contributed by atoms with Gasteiger partial charge >= 0.3 is 0 Å². The van der Waals surface area contributed by atoms with Gasteiger partial charge < -0.3 is 5.32 Å². The molecular weight excluding hydrogens is 598 g/mol. The van der Waals surface area contributed by atoms with Crippen molar-refractivity contribution in [2.24, 2.45) is 5.92 Å². The summed E-state index contributed by atoms with van der Waals surface area (Å²) in [4.78, 5) is 22.7. The molecule has 1 amide bonds. The van der Waals surface area contributed by atoms with Crippen LogP contribution in [0.5, 0.6) is 0 Å². The smallest absolute Gasteiger partial charge is 0.225 e. The van der Waals surface area contributed by atoms with Gasteiger partial charge in [0, 0.05) is 44.4 Å². The van der Waals surface area contributed by atoms with Crippen molar-refractivity contribution in [2.75, 3.05) is 11.9 Å². The van der Waals surface area contributed by atoms with Gasteiger partial charge in [-0.2, -0.15) is 4.31 Å². The monoisotopic (exact) mass is 639 g/mol. The maximum atomic E-state index is 13.5. The summed E-state index contributed by atoms with van der Waals surface area (Å²) in [6.45, 7) is 9.85. The maximum absolute atomic E-state index is 13.5. The topological polar surface area (TPSA) is 129 Å². The molecule has 4 heterocycles. The van der Waals surface area contributed by atoms with Crippen molar-refractivity contribution in [3.8, 4) is 0 Å². The molecule has 0 radical (unpaired) electrons. The Morgan fingerprint density at radius 1 is 1.09 bits per heavy atom. The first kappa shape index (κ1) is 31.8. The fourth-order valence-electron chi connectivity index (χ4n) is 6.43. The first-order valence-corrected chi connectivity index (χ1v) is 17.3. The fourth-order valence-corrected chi connectivity index (χ4v) is 8.16. The third-order valence-corrected chi connectivity index (χ3v) is 11.1. The molecule has 0 aliphatic carbocycles. The molecule has 0 saturated heterocycles. The molecule has 5 aromatic rings. The molecule has 0 fully saturated rings. The second-order valence-electron chi connectivity index (χ2n) is 12.1. The van der Waals surface area contributed by atoms with E-state index in [1.807, 2.05) is 41.9 Å². The van der Waals surface area contributed by atoms with Crippen LogP contribution in [0.2, 0.25) is 0 Å². The number of pyridine rings is 2. The largest absolute Gasteiger partial charge is 0.325 e. The van der Waals surface area contributed by atoms with Gasteiger partial charge in [-0.25, -0.2) is 4.68 Å². The fraction of sp³-hybridized carbons (Fsp3) is 0.343. The van der Waals surface area contributed by atoms with Crippen LogP contribution < -0.4 is 5.32 Å². The molecule has 3 N–H and O–H groups in total. The van der Waals surface area contributed by atoms with Gasteiger partial charge in [-0.3, -0.25) is 23.9 Å². The van der Waals surface area contributed by atoms with E-state index < -0.39 is 10.8 Å². The number of aryl methyl sites for hydroxylation is 3. The van der Waals surface area contributed by atoms with Crippen molar-refractivity contribution < 1.29 is 13.9 Å². The van der Waals surface area contributed by atoms with Crippen molar-refractivity contribution in [3.05, 3.63) is 107 Å². The van der Waals surface area contributed by atoms with Gasteiger partial charge in [0.05, 0.1) is 28.0 Å². The summed E-state index contributed by atoms with van der Waals surface area (Å²) >= 11 is 0. The van der Waals surface area contributed by atoms with Gasteiger partial charge in [-0.05, 0) is 91.3 Å². The number of hydrogen-bond donors (Lipinski definition) is 3. The van der Waals surface area contributed by atoms with Crippen molar-refractivity contribution in [3.63, 3.8) is 0 Å². The number of benzene rings is 2. The van der Waals surface area contributed by atoms with E-state index in [9.17, 15) is 13.9 Å². The van der Waals surface area contributed by atoms with E-state index in [1.165, 1.54) is 0 Å². The molecule has 11 heteroatoms. The number of fused-ring (bicyclic) bond motifs is 2. The first-order chi connectivity index (χ1) is 22.2. The Hall–Kier alpha value is -4.16. The number of amides is 1. The first-order valence-electron chi connectivity index (χ1n) is 15.8. The number of rotatable bonds is 9. The molecule has 240 valence electrons. The number of anilines is 1. The number of nitrogens with zero attached hydrogens (tertiary/aromatic N) is 6. The van der Waals surface area contributed by atoms with Crippen LogP contribution in [0.25, 0.3) is 11.0 Å². The van der Waals surface area contributed by atoms with Crippen LogP contribution in [0.1, 0.15) is 66.1 Å². The summed E-state index contributed by atoms with van der Waals surface area (Å²) < 4.78 is 27.0. The van der Waals surface area contributed by atoms with Gasteiger partial charge in [0.1, 0.15) is 5.52 Å². The zero-order valence-corrected chi connectivity index (χ0v) is 27.5. The Balaban J connectivity index is 1.39. The molecule has 0 saturated carbocycles. The van der Waals surface area contributed by atoms with E-state index in [1.54, 1.807) is 36.8 Å². The highest BCUT2D eigenvalue weighted by molar-refractivity contribution is 8.22. The number of aromatic nitrogens is 5. The minimum atomic E-state index is -3.26. The van der Waals surface area contributed by atoms with Crippen molar-refractivity contribution in [1.29, 1.82) is 0 Å². The van der Waals surface area contributed by atoms with E-state index in [0.29, 0.717) is 36.6 Å². The Kier molecular flexibility index (Phi) is 9.19. The molecule has 2 unspecified atom stereocenters. The molecule has 10 nitrogen and oxygen atoms in total. The number of hydrogen-bond acceptors (Lipinski definition) is 8. The Morgan fingerprint density at radius 3 is 2.67 bits per heavy atom. The summed E-state index contributed by atoms with van der Waals surface area (Å²) in [5.74, 6) is -0.181. The second kappa shape index (κ2) is 13.3. The average molecular weight is 640 g/mol. The molecule has 1 aliphatic heterocycles. The molecule has 1 aliphatic rings. The minimum Gasteiger partial charge on any atom is -0.325 e. The summed E-state index contributed by atoms with van der Waals surface area (Å²) in [5.41, 5.74) is 8.14. The molecule has 6 rings (SSSR count). The third kappa shape index (κ3) is 6.28. The highest BCUT2D eigenvalue weighted by Gasteiger charge is 2.34. The molecule has 2 aromatic carbocycles. The maximum Gasteiger partial charge on any atom is 0.225 e. The Labute approximate surface area is 271 Å². The van der Waals surface area contributed by atoms with Crippen molar-refractivity contribution in [1.82, 2.24) is 29.3 Å². The molecule has 3 aromatic heterocycles. The van der Waals surface area contributed by atoms with Crippen molar-refractivity contribution in [2.45, 2.75) is 70.9 Å². The van der Waals surface area contributed by atoms with Crippen LogP contribution in [0.4, 0.5) is 5.69 Å². The van der Waals surface area contributed by atoms with Gasteiger partial charge in [0.15, 0.2) is 0 Å². The number of carbonyl (C=O) groups is 1. The summed E-state index contributed by atoms with van der Waals surface area (Å²) in [6, 6.07) is 17.5. The van der Waals surface area contributed by atoms with E-state index in [-0.39, 0.29) is 24.2 Å². The Bertz CT molecular complexity index is 1860. The lowest BCUT2D eigenvalue weighted by Crippen LogP contribution is -2.31. The quantitative estimate of drug-likeness (QED) is 0.155. The molecule has 0 bridgehead atoms. The van der Waals surface area contributed by atoms with E-state index >= 15 is 0 Å². The normalized spacial score (nSPS) is 17.7.